The molecule has 0 spiro atoms. The summed E-state index contributed by atoms with van der Waals surface area (Å²) in [5.41, 5.74) is -0.373. The van der Waals surface area contributed by atoms with Gasteiger partial charge in [0.2, 0.25) is 0 Å². The van der Waals surface area contributed by atoms with Gasteiger partial charge in [-0.2, -0.15) is 5.10 Å². The standard InChI is InChI=1S/C19H24ClFN4O.ClH/c1-2-12-24(14-15-16(20)5-3-6-17(15)21)18(26)19(7-10-22-11-8-19)25-13-4-9-23-25;/h3-6,9,13,22H,2,7-8,10-12,14H2,1H3;1H. The smallest absolute Gasteiger partial charge is 0.250 e. The molecule has 8 heteroatoms. The van der Waals surface area contributed by atoms with E-state index >= 15 is 0 Å². The SMILES string of the molecule is CCCN(Cc1c(F)cccc1Cl)C(=O)C1(n2cccn2)CCNCC1.Cl. The van der Waals surface area contributed by atoms with Crippen LogP contribution in [0.4, 0.5) is 4.39 Å². The first-order valence-corrected chi connectivity index (χ1v) is 9.39. The number of piperidine rings is 1. The minimum atomic E-state index is -0.734. The van der Waals surface area contributed by atoms with E-state index in [0.29, 0.717) is 30.0 Å². The van der Waals surface area contributed by atoms with E-state index in [1.165, 1.54) is 6.07 Å². The van der Waals surface area contributed by atoms with E-state index in [1.54, 1.807) is 27.9 Å². The number of carbonyl (C=O) groups excluding carboxylic acids is 1. The summed E-state index contributed by atoms with van der Waals surface area (Å²) in [5, 5.41) is 8.01. The third-order valence-electron chi connectivity index (χ3n) is 4.96. The fraction of sp³-hybridized carbons (Fsp3) is 0.474. The number of hydrogen-bond donors (Lipinski definition) is 1. The molecule has 1 amide bonds. The Hall–Kier alpha value is -1.63. The van der Waals surface area contributed by atoms with Crippen molar-refractivity contribution >= 4 is 29.9 Å². The van der Waals surface area contributed by atoms with Crippen LogP contribution in [0.25, 0.3) is 0 Å². The first kappa shape index (κ1) is 21.7. The van der Waals surface area contributed by atoms with Crippen LogP contribution in [0.3, 0.4) is 0 Å². The lowest BCUT2D eigenvalue weighted by atomic mass is 9.86. The molecule has 1 saturated heterocycles. The second-order valence-electron chi connectivity index (χ2n) is 6.66. The van der Waals surface area contributed by atoms with Gasteiger partial charge in [-0.15, -0.1) is 12.4 Å². The molecule has 0 bridgehead atoms. The van der Waals surface area contributed by atoms with Gasteiger partial charge in [-0.3, -0.25) is 9.48 Å². The maximum absolute atomic E-state index is 14.3. The molecule has 1 aromatic carbocycles. The Morgan fingerprint density at radius 1 is 1.37 bits per heavy atom. The van der Waals surface area contributed by atoms with Gasteiger partial charge in [0.05, 0.1) is 6.54 Å². The predicted molar refractivity (Wildman–Crippen MR) is 107 cm³/mol. The van der Waals surface area contributed by atoms with E-state index in [4.69, 9.17) is 11.6 Å². The van der Waals surface area contributed by atoms with E-state index in [0.717, 1.165) is 19.5 Å². The first-order chi connectivity index (χ1) is 12.6. The van der Waals surface area contributed by atoms with Crippen molar-refractivity contribution in [3.63, 3.8) is 0 Å². The highest BCUT2D eigenvalue weighted by Gasteiger charge is 2.44. The molecule has 5 nitrogen and oxygen atoms in total. The van der Waals surface area contributed by atoms with Crippen molar-refractivity contribution < 1.29 is 9.18 Å². The third-order valence-corrected chi connectivity index (χ3v) is 5.32. The molecule has 1 fully saturated rings. The van der Waals surface area contributed by atoms with Crippen molar-refractivity contribution in [2.75, 3.05) is 19.6 Å². The van der Waals surface area contributed by atoms with Gasteiger partial charge < -0.3 is 10.2 Å². The minimum Gasteiger partial charge on any atom is -0.336 e. The molecule has 0 unspecified atom stereocenters. The minimum absolute atomic E-state index is 0. The molecule has 0 aliphatic carbocycles. The molecular formula is C19H25Cl2FN4O. The number of benzene rings is 1. The van der Waals surface area contributed by atoms with Gasteiger partial charge >= 0.3 is 0 Å². The van der Waals surface area contributed by atoms with Crippen molar-refractivity contribution in [2.45, 2.75) is 38.3 Å². The van der Waals surface area contributed by atoms with Crippen LogP contribution in [0.2, 0.25) is 5.02 Å². The summed E-state index contributed by atoms with van der Waals surface area (Å²) in [7, 11) is 0. The zero-order chi connectivity index (χ0) is 18.6. The van der Waals surface area contributed by atoms with Crippen molar-refractivity contribution in [3.05, 3.63) is 53.1 Å². The fourth-order valence-electron chi connectivity index (χ4n) is 3.59. The second-order valence-corrected chi connectivity index (χ2v) is 7.07. The highest BCUT2D eigenvalue weighted by Crippen LogP contribution is 2.31. The Kier molecular flexibility index (Phi) is 7.65. The topological polar surface area (TPSA) is 50.2 Å². The van der Waals surface area contributed by atoms with Gasteiger partial charge in [0.15, 0.2) is 0 Å². The number of amides is 1. The number of carbonyl (C=O) groups is 1. The van der Waals surface area contributed by atoms with Gasteiger partial charge in [-0.25, -0.2) is 4.39 Å². The number of hydrogen-bond acceptors (Lipinski definition) is 3. The Bertz CT molecular complexity index is 728. The highest BCUT2D eigenvalue weighted by atomic mass is 35.5. The summed E-state index contributed by atoms with van der Waals surface area (Å²) in [6.45, 7) is 4.19. The second kappa shape index (κ2) is 9.53. The van der Waals surface area contributed by atoms with Crippen molar-refractivity contribution in [1.29, 1.82) is 0 Å². The molecule has 0 radical (unpaired) electrons. The average Bonchev–Trinajstić information content (AvgIpc) is 3.19. The number of halogens is 3. The van der Waals surface area contributed by atoms with Gasteiger partial charge in [0.25, 0.3) is 5.91 Å². The summed E-state index contributed by atoms with van der Waals surface area (Å²) in [6.07, 6.45) is 5.61. The molecule has 3 rings (SSSR count). The van der Waals surface area contributed by atoms with Crippen LogP contribution in [0.1, 0.15) is 31.7 Å². The molecule has 0 saturated carbocycles. The Labute approximate surface area is 170 Å². The van der Waals surface area contributed by atoms with Gasteiger partial charge in [-0.1, -0.05) is 24.6 Å². The van der Waals surface area contributed by atoms with Gasteiger partial charge in [-0.05, 0) is 50.6 Å². The first-order valence-electron chi connectivity index (χ1n) is 9.01. The monoisotopic (exact) mass is 414 g/mol. The average molecular weight is 415 g/mol. The van der Waals surface area contributed by atoms with Crippen LogP contribution >= 0.6 is 24.0 Å². The Morgan fingerprint density at radius 3 is 2.70 bits per heavy atom. The molecule has 27 heavy (non-hydrogen) atoms. The van der Waals surface area contributed by atoms with Crippen molar-refractivity contribution in [2.24, 2.45) is 0 Å². The number of aromatic nitrogens is 2. The third kappa shape index (κ3) is 4.45. The summed E-state index contributed by atoms with van der Waals surface area (Å²) in [4.78, 5) is 15.3. The van der Waals surface area contributed by atoms with Gasteiger partial charge in [0.1, 0.15) is 11.4 Å². The number of rotatable bonds is 6. The zero-order valence-electron chi connectivity index (χ0n) is 15.3. The molecule has 148 valence electrons. The maximum atomic E-state index is 14.3. The molecular weight excluding hydrogens is 390 g/mol. The largest absolute Gasteiger partial charge is 0.336 e. The lowest BCUT2D eigenvalue weighted by Crippen LogP contribution is -2.55. The van der Waals surface area contributed by atoms with Crippen LogP contribution < -0.4 is 5.32 Å². The van der Waals surface area contributed by atoms with Crippen LogP contribution in [0, 0.1) is 5.82 Å². The molecule has 2 heterocycles. The zero-order valence-corrected chi connectivity index (χ0v) is 16.9. The Balaban J connectivity index is 0.00000261. The summed E-state index contributed by atoms with van der Waals surface area (Å²) in [5.74, 6) is -0.409. The number of nitrogens with zero attached hydrogens (tertiary/aromatic N) is 3. The lowest BCUT2D eigenvalue weighted by Gasteiger charge is -2.40. The molecule has 1 aliphatic rings. The quantitative estimate of drug-likeness (QED) is 0.784. The normalized spacial score (nSPS) is 15.8. The molecule has 1 N–H and O–H groups in total. The van der Waals surface area contributed by atoms with E-state index in [1.807, 2.05) is 19.2 Å². The molecule has 1 aromatic heterocycles. The van der Waals surface area contributed by atoms with Crippen molar-refractivity contribution in [3.8, 4) is 0 Å². The summed E-state index contributed by atoms with van der Waals surface area (Å²) >= 11 is 6.19. The highest BCUT2D eigenvalue weighted by molar-refractivity contribution is 6.31. The number of nitrogens with one attached hydrogen (secondary N) is 1. The Morgan fingerprint density at radius 2 is 2.11 bits per heavy atom. The van der Waals surface area contributed by atoms with Crippen molar-refractivity contribution in [1.82, 2.24) is 20.0 Å². The molecule has 2 aromatic rings. The van der Waals surface area contributed by atoms with Gasteiger partial charge in [0, 0.05) is 29.5 Å². The molecule has 0 atom stereocenters. The van der Waals surface area contributed by atoms with Crippen LogP contribution in [-0.2, 0) is 16.9 Å². The van der Waals surface area contributed by atoms with Crippen LogP contribution in [0.15, 0.2) is 36.7 Å². The maximum Gasteiger partial charge on any atom is 0.250 e. The summed E-state index contributed by atoms with van der Waals surface area (Å²) in [6, 6.07) is 6.44. The van der Waals surface area contributed by atoms with Crippen LogP contribution in [0.5, 0.6) is 0 Å². The van der Waals surface area contributed by atoms with E-state index in [9.17, 15) is 9.18 Å². The fourth-order valence-corrected chi connectivity index (χ4v) is 3.82. The van der Waals surface area contributed by atoms with Crippen LogP contribution in [-0.4, -0.2) is 40.2 Å². The van der Waals surface area contributed by atoms with E-state index < -0.39 is 5.54 Å². The predicted octanol–water partition coefficient (Wildman–Crippen LogP) is 3.61. The van der Waals surface area contributed by atoms with E-state index in [2.05, 4.69) is 10.4 Å². The summed E-state index contributed by atoms with van der Waals surface area (Å²) < 4.78 is 16.0. The molecule has 1 aliphatic heterocycles. The van der Waals surface area contributed by atoms with E-state index in [-0.39, 0.29) is 30.7 Å². The lowest BCUT2D eigenvalue weighted by molar-refractivity contribution is -0.144.